The van der Waals surface area contributed by atoms with Crippen LogP contribution in [0.25, 0.3) is 17.4 Å². The van der Waals surface area contributed by atoms with Gasteiger partial charge in [-0.3, -0.25) is 14.2 Å². The highest BCUT2D eigenvalue weighted by molar-refractivity contribution is 7.07. The summed E-state index contributed by atoms with van der Waals surface area (Å²) in [5.74, 6) is 0.457. The number of hydrogen-bond acceptors (Lipinski definition) is 7. The molecular weight excluding hydrogens is 488 g/mol. The number of furan rings is 1. The van der Waals surface area contributed by atoms with Crippen molar-refractivity contribution >= 4 is 35.0 Å². The van der Waals surface area contributed by atoms with Crippen molar-refractivity contribution < 1.29 is 18.7 Å². The number of thiazole rings is 1. The third-order valence-corrected chi connectivity index (χ3v) is 7.56. The highest BCUT2D eigenvalue weighted by atomic mass is 35.5. The number of methoxy groups -OCH3 is 1. The van der Waals surface area contributed by atoms with Gasteiger partial charge in [-0.15, -0.1) is 0 Å². The first-order chi connectivity index (χ1) is 16.9. The van der Waals surface area contributed by atoms with E-state index in [1.165, 1.54) is 18.4 Å². The summed E-state index contributed by atoms with van der Waals surface area (Å²) in [5.41, 5.74) is 0.118. The van der Waals surface area contributed by atoms with E-state index in [1.807, 2.05) is 48.5 Å². The van der Waals surface area contributed by atoms with Crippen LogP contribution in [0.4, 0.5) is 0 Å². The molecule has 2 aliphatic rings. The van der Waals surface area contributed by atoms with E-state index in [9.17, 15) is 9.59 Å². The summed E-state index contributed by atoms with van der Waals surface area (Å²) in [6.07, 6.45) is 1.69. The molecule has 2 bridgehead atoms. The monoisotopic (exact) mass is 506 g/mol. The fraction of sp³-hybridized carbons (Fsp3) is 0.192. The molecule has 4 heterocycles. The van der Waals surface area contributed by atoms with Crippen LogP contribution in [0.2, 0.25) is 5.02 Å². The van der Waals surface area contributed by atoms with Crippen LogP contribution >= 0.6 is 22.9 Å². The molecule has 0 fully saturated rings. The lowest BCUT2D eigenvalue weighted by Gasteiger charge is -2.44. The van der Waals surface area contributed by atoms with E-state index >= 15 is 0 Å². The zero-order chi connectivity index (χ0) is 24.3. The fourth-order valence-corrected chi connectivity index (χ4v) is 6.06. The number of carbonyl (C=O) groups excluding carboxylic acids is 1. The van der Waals surface area contributed by atoms with Gasteiger partial charge in [0.2, 0.25) is 5.72 Å². The summed E-state index contributed by atoms with van der Waals surface area (Å²) < 4.78 is 19.3. The Labute approximate surface area is 208 Å². The molecule has 2 aromatic carbocycles. The van der Waals surface area contributed by atoms with Crippen molar-refractivity contribution in [1.29, 1.82) is 0 Å². The number of rotatable bonds is 3. The molecule has 35 heavy (non-hydrogen) atoms. The van der Waals surface area contributed by atoms with Crippen molar-refractivity contribution in [2.45, 2.75) is 18.7 Å². The first-order valence-corrected chi connectivity index (χ1v) is 12.1. The quantitative estimate of drug-likeness (QED) is 0.395. The second kappa shape index (κ2) is 7.96. The molecule has 176 valence electrons. The third kappa shape index (κ3) is 3.44. The minimum absolute atomic E-state index is 0.257. The van der Waals surface area contributed by atoms with Crippen molar-refractivity contribution in [2.24, 2.45) is 10.9 Å². The fourth-order valence-electron chi connectivity index (χ4n) is 4.79. The van der Waals surface area contributed by atoms with Gasteiger partial charge in [-0.1, -0.05) is 53.3 Å². The summed E-state index contributed by atoms with van der Waals surface area (Å²) in [6, 6.07) is 17.8. The lowest BCUT2D eigenvalue weighted by molar-refractivity contribution is -0.158. The number of para-hydroxylation sites is 1. The number of esters is 1. The van der Waals surface area contributed by atoms with Crippen LogP contribution in [0.3, 0.4) is 0 Å². The summed E-state index contributed by atoms with van der Waals surface area (Å²) in [5, 5.41) is 0.609. The molecule has 3 unspecified atom stereocenters. The molecule has 0 saturated carbocycles. The molecule has 2 aromatic heterocycles. The number of carbonyl (C=O) groups is 1. The molecule has 0 radical (unpaired) electrons. The molecule has 3 atom stereocenters. The van der Waals surface area contributed by atoms with Crippen molar-refractivity contribution in [2.75, 3.05) is 7.11 Å². The van der Waals surface area contributed by atoms with Crippen molar-refractivity contribution in [3.05, 3.63) is 96.7 Å². The Morgan fingerprint density at radius 1 is 1.20 bits per heavy atom. The number of hydrogen-bond donors (Lipinski definition) is 0. The van der Waals surface area contributed by atoms with E-state index in [0.717, 1.165) is 11.1 Å². The summed E-state index contributed by atoms with van der Waals surface area (Å²) >= 11 is 7.33. The van der Waals surface area contributed by atoms with Gasteiger partial charge < -0.3 is 13.9 Å². The molecule has 6 rings (SSSR count). The number of halogens is 1. The van der Waals surface area contributed by atoms with E-state index in [4.69, 9.17) is 30.5 Å². The van der Waals surface area contributed by atoms with Gasteiger partial charge in [0.05, 0.1) is 17.7 Å². The Kier molecular flexibility index (Phi) is 4.98. The third-order valence-electron chi connectivity index (χ3n) is 6.34. The Morgan fingerprint density at radius 3 is 2.83 bits per heavy atom. The first-order valence-electron chi connectivity index (χ1n) is 10.9. The Balaban J connectivity index is 1.51. The van der Waals surface area contributed by atoms with E-state index < -0.39 is 23.7 Å². The van der Waals surface area contributed by atoms with Crippen LogP contribution in [0.1, 0.15) is 24.3 Å². The van der Waals surface area contributed by atoms with E-state index in [0.29, 0.717) is 31.6 Å². The Morgan fingerprint density at radius 2 is 2.03 bits per heavy atom. The summed E-state index contributed by atoms with van der Waals surface area (Å²) in [4.78, 5) is 31.7. The molecule has 4 aromatic rings. The molecule has 0 N–H and O–H groups in total. The van der Waals surface area contributed by atoms with Gasteiger partial charge in [0, 0.05) is 22.2 Å². The number of fused-ring (bicyclic) bond motifs is 6. The largest absolute Gasteiger partial charge is 0.469 e. The van der Waals surface area contributed by atoms with E-state index in [-0.39, 0.29) is 5.56 Å². The molecule has 0 amide bonds. The van der Waals surface area contributed by atoms with Crippen LogP contribution in [0, 0.1) is 5.92 Å². The Hall–Kier alpha value is -3.62. The maximum absolute atomic E-state index is 13.6. The summed E-state index contributed by atoms with van der Waals surface area (Å²) in [7, 11) is 1.33. The topological polar surface area (TPSA) is 83.0 Å². The van der Waals surface area contributed by atoms with Crippen molar-refractivity contribution in [3.8, 4) is 17.1 Å². The van der Waals surface area contributed by atoms with Gasteiger partial charge in [-0.25, -0.2) is 4.99 Å². The smallest absolute Gasteiger partial charge is 0.317 e. The Bertz CT molecular complexity index is 1670. The van der Waals surface area contributed by atoms with Gasteiger partial charge in [0.25, 0.3) is 5.56 Å². The number of nitrogens with zero attached hydrogens (tertiary/aromatic N) is 2. The standard InChI is InChI=1S/C26H19ClN2O5S/c1-26-21(24(31)32-2)22(17-8-3-4-9-19(17)34-26)29-23(30)20(35-25(29)28-26)13-16-10-11-18(33-16)14-6-5-7-15(27)12-14/h3-13,21-22H,1-2H3. The minimum Gasteiger partial charge on any atom is -0.469 e. The van der Waals surface area contributed by atoms with Crippen LogP contribution in [-0.4, -0.2) is 23.4 Å². The van der Waals surface area contributed by atoms with Crippen molar-refractivity contribution in [3.63, 3.8) is 0 Å². The second-order valence-corrected chi connectivity index (χ2v) is 9.98. The van der Waals surface area contributed by atoms with Gasteiger partial charge in [0.1, 0.15) is 23.2 Å². The molecule has 0 spiro atoms. The van der Waals surface area contributed by atoms with E-state index in [1.54, 1.807) is 29.7 Å². The zero-order valence-electron chi connectivity index (χ0n) is 18.7. The van der Waals surface area contributed by atoms with Gasteiger partial charge in [0.15, 0.2) is 4.80 Å². The molecule has 0 aliphatic carbocycles. The predicted molar refractivity (Wildman–Crippen MR) is 131 cm³/mol. The first kappa shape index (κ1) is 21.9. The number of ether oxygens (including phenoxy) is 2. The highest BCUT2D eigenvalue weighted by Gasteiger charge is 2.55. The molecule has 9 heteroatoms. The maximum atomic E-state index is 13.6. The van der Waals surface area contributed by atoms with E-state index in [2.05, 4.69) is 0 Å². The zero-order valence-corrected chi connectivity index (χ0v) is 20.3. The molecule has 2 aliphatic heterocycles. The van der Waals surface area contributed by atoms with Crippen LogP contribution < -0.4 is 19.6 Å². The molecular formula is C26H19ClN2O5S. The lowest BCUT2D eigenvalue weighted by atomic mass is 9.81. The minimum atomic E-state index is -1.20. The normalized spacial score (nSPS) is 22.5. The molecule has 0 saturated heterocycles. The lowest BCUT2D eigenvalue weighted by Crippen LogP contribution is -2.58. The predicted octanol–water partition coefficient (Wildman–Crippen LogP) is 3.77. The average Bonchev–Trinajstić information content (AvgIpc) is 3.42. The van der Waals surface area contributed by atoms with Crippen LogP contribution in [0.15, 0.2) is 74.9 Å². The van der Waals surface area contributed by atoms with Crippen LogP contribution in [-0.2, 0) is 9.53 Å². The van der Waals surface area contributed by atoms with Gasteiger partial charge >= 0.3 is 5.97 Å². The number of aromatic nitrogens is 1. The average molecular weight is 507 g/mol. The van der Waals surface area contributed by atoms with Crippen molar-refractivity contribution in [1.82, 2.24) is 4.57 Å². The summed E-state index contributed by atoms with van der Waals surface area (Å²) in [6.45, 7) is 1.75. The van der Waals surface area contributed by atoms with Gasteiger partial charge in [-0.05, 0) is 37.3 Å². The van der Waals surface area contributed by atoms with Gasteiger partial charge in [-0.2, -0.15) is 0 Å². The second-order valence-electron chi connectivity index (χ2n) is 8.53. The SMILES string of the molecule is COC(=O)C1C2c3ccccc3OC1(C)N=c1sc(=Cc3ccc(-c4cccc(Cl)c4)o3)c(=O)n12. The molecule has 7 nitrogen and oxygen atoms in total. The number of benzene rings is 2. The van der Waals surface area contributed by atoms with Crippen LogP contribution in [0.5, 0.6) is 5.75 Å². The maximum Gasteiger partial charge on any atom is 0.317 e. The highest BCUT2D eigenvalue weighted by Crippen LogP contribution is 2.47.